The van der Waals surface area contributed by atoms with Gasteiger partial charge in [0.05, 0.1) is 0 Å². The van der Waals surface area contributed by atoms with Crippen molar-refractivity contribution in [2.24, 2.45) is 5.92 Å². The van der Waals surface area contributed by atoms with Gasteiger partial charge in [-0.05, 0) is 17.7 Å². The molecule has 1 radical (unpaired) electrons. The molecule has 2 aromatic carbocycles. The first-order chi connectivity index (χ1) is 7.18. The smallest absolute Gasteiger partial charge is 0.189 e. The monoisotopic (exact) mass is 199 g/mol. The van der Waals surface area contributed by atoms with Crippen molar-refractivity contribution in [1.29, 1.82) is 0 Å². The quantitative estimate of drug-likeness (QED) is 0.691. The molecule has 0 spiro atoms. The highest BCUT2D eigenvalue weighted by molar-refractivity contribution is 5.89. The van der Waals surface area contributed by atoms with Crippen LogP contribution < -0.4 is 0 Å². The van der Waals surface area contributed by atoms with Crippen LogP contribution in [0.1, 0.15) is 19.4 Å². The summed E-state index contributed by atoms with van der Waals surface area (Å²) in [6.07, 6.45) is 0.865. The third kappa shape index (κ3) is 1.96. The Morgan fingerprint density at radius 2 is 1.80 bits per heavy atom. The minimum Gasteiger partial charge on any atom is -0.289 e. The summed E-state index contributed by atoms with van der Waals surface area (Å²) in [6.45, 7) is 4.27. The Labute approximate surface area is 90.4 Å². The number of hydrogen-bond donors (Lipinski definition) is 0. The predicted molar refractivity (Wildman–Crippen MR) is 62.6 cm³/mol. The highest BCUT2D eigenvalue weighted by Crippen LogP contribution is 2.30. The molecule has 0 saturated heterocycles. The van der Waals surface area contributed by atoms with Gasteiger partial charge in [0.2, 0.25) is 0 Å². The van der Waals surface area contributed by atoms with E-state index in [4.69, 9.17) is 0 Å². The van der Waals surface area contributed by atoms with Crippen molar-refractivity contribution in [1.82, 2.24) is 0 Å². The fourth-order valence-corrected chi connectivity index (χ4v) is 1.89. The highest BCUT2D eigenvalue weighted by Gasteiger charge is 2.08. The zero-order valence-electron chi connectivity index (χ0n) is 9.16. The van der Waals surface area contributed by atoms with E-state index in [9.17, 15) is 5.11 Å². The average Bonchev–Trinajstić information content (AvgIpc) is 2.22. The van der Waals surface area contributed by atoms with E-state index in [0.29, 0.717) is 5.92 Å². The van der Waals surface area contributed by atoms with Crippen molar-refractivity contribution in [3.05, 3.63) is 42.0 Å². The van der Waals surface area contributed by atoms with Crippen molar-refractivity contribution in [2.45, 2.75) is 20.3 Å². The third-order valence-electron chi connectivity index (χ3n) is 2.59. The van der Waals surface area contributed by atoms with Crippen LogP contribution >= 0.6 is 0 Å². The normalized spacial score (nSPS) is 11.1. The van der Waals surface area contributed by atoms with Gasteiger partial charge in [0.15, 0.2) is 5.75 Å². The molecule has 0 aliphatic heterocycles. The van der Waals surface area contributed by atoms with Crippen LogP contribution in [0.2, 0.25) is 0 Å². The van der Waals surface area contributed by atoms with Crippen LogP contribution in [0, 0.1) is 5.92 Å². The van der Waals surface area contributed by atoms with Gasteiger partial charge in [-0.3, -0.25) is 5.11 Å². The second kappa shape index (κ2) is 3.93. The van der Waals surface area contributed by atoms with E-state index in [0.717, 1.165) is 22.8 Å². The fraction of sp³-hybridized carbons (Fsp3) is 0.286. The fourth-order valence-electron chi connectivity index (χ4n) is 1.89. The summed E-state index contributed by atoms with van der Waals surface area (Å²) in [5.74, 6) is 0.723. The molecule has 0 bridgehead atoms. The highest BCUT2D eigenvalue weighted by atomic mass is 16.3. The Morgan fingerprint density at radius 1 is 1.07 bits per heavy atom. The molecule has 15 heavy (non-hydrogen) atoms. The molecule has 2 rings (SSSR count). The van der Waals surface area contributed by atoms with E-state index in [1.807, 2.05) is 36.4 Å². The van der Waals surface area contributed by atoms with Crippen LogP contribution in [-0.4, -0.2) is 0 Å². The predicted octanol–water partition coefficient (Wildman–Crippen LogP) is 4.18. The largest absolute Gasteiger partial charge is 0.289 e. The van der Waals surface area contributed by atoms with Gasteiger partial charge in [0.1, 0.15) is 0 Å². The maximum atomic E-state index is 12.1. The van der Waals surface area contributed by atoms with Crippen LogP contribution in [0.4, 0.5) is 0 Å². The van der Waals surface area contributed by atoms with E-state index in [1.54, 1.807) is 0 Å². The first-order valence-electron chi connectivity index (χ1n) is 5.36. The molecule has 0 fully saturated rings. The summed E-state index contributed by atoms with van der Waals surface area (Å²) in [5.41, 5.74) is 0.934. The van der Waals surface area contributed by atoms with Gasteiger partial charge in [-0.15, -0.1) is 0 Å². The number of benzene rings is 2. The van der Waals surface area contributed by atoms with E-state index in [-0.39, 0.29) is 5.75 Å². The van der Waals surface area contributed by atoms with Crippen LogP contribution in [0.15, 0.2) is 36.4 Å². The first-order valence-corrected chi connectivity index (χ1v) is 5.36. The SMILES string of the molecule is CC(C)Cc1ccc2ccccc2c1[O]. The van der Waals surface area contributed by atoms with Gasteiger partial charge < -0.3 is 0 Å². The maximum absolute atomic E-state index is 12.1. The van der Waals surface area contributed by atoms with Gasteiger partial charge in [0, 0.05) is 10.9 Å². The Bertz CT molecular complexity index is 472. The topological polar surface area (TPSA) is 19.9 Å². The molecule has 0 atom stereocenters. The Balaban J connectivity index is 2.55. The van der Waals surface area contributed by atoms with Crippen molar-refractivity contribution in [3.8, 4) is 5.75 Å². The van der Waals surface area contributed by atoms with Gasteiger partial charge in [-0.25, -0.2) is 0 Å². The zero-order chi connectivity index (χ0) is 10.8. The van der Waals surface area contributed by atoms with E-state index in [2.05, 4.69) is 13.8 Å². The van der Waals surface area contributed by atoms with E-state index >= 15 is 0 Å². The molecule has 0 aromatic heterocycles. The number of hydrogen-bond acceptors (Lipinski definition) is 0. The summed E-state index contributed by atoms with van der Waals surface area (Å²) >= 11 is 0. The summed E-state index contributed by atoms with van der Waals surface area (Å²) in [6, 6.07) is 11.8. The molecular formula is C14H15O. The minimum atomic E-state index is 0.196. The Kier molecular flexibility index (Phi) is 2.63. The lowest BCUT2D eigenvalue weighted by molar-refractivity contribution is 0.353. The Morgan fingerprint density at radius 3 is 2.53 bits per heavy atom. The minimum absolute atomic E-state index is 0.196. The third-order valence-corrected chi connectivity index (χ3v) is 2.59. The number of fused-ring (bicyclic) bond motifs is 1. The standard InChI is InChI=1S/C14H15O/c1-10(2)9-12-8-7-11-5-3-4-6-13(11)14(12)15/h3-8,10H,9H2,1-2H3. The van der Waals surface area contributed by atoms with Gasteiger partial charge in [-0.1, -0.05) is 50.2 Å². The summed E-state index contributed by atoms with van der Waals surface area (Å²) in [4.78, 5) is 0. The molecule has 0 saturated carbocycles. The van der Waals surface area contributed by atoms with Gasteiger partial charge >= 0.3 is 0 Å². The Hall–Kier alpha value is -1.50. The molecule has 0 heterocycles. The molecule has 1 nitrogen and oxygen atoms in total. The van der Waals surface area contributed by atoms with Crippen molar-refractivity contribution < 1.29 is 5.11 Å². The summed E-state index contributed by atoms with van der Waals surface area (Å²) in [7, 11) is 0. The maximum Gasteiger partial charge on any atom is 0.189 e. The van der Waals surface area contributed by atoms with Gasteiger partial charge in [0.25, 0.3) is 0 Å². The molecule has 0 aliphatic rings. The average molecular weight is 199 g/mol. The lowest BCUT2D eigenvalue weighted by Gasteiger charge is -2.07. The molecule has 0 unspecified atom stereocenters. The van der Waals surface area contributed by atoms with Crippen LogP contribution in [0.25, 0.3) is 10.8 Å². The van der Waals surface area contributed by atoms with Gasteiger partial charge in [-0.2, -0.15) is 0 Å². The van der Waals surface area contributed by atoms with E-state index < -0.39 is 0 Å². The molecule has 0 amide bonds. The van der Waals surface area contributed by atoms with E-state index in [1.165, 1.54) is 0 Å². The molecule has 1 heteroatoms. The second-order valence-corrected chi connectivity index (χ2v) is 4.37. The molecule has 77 valence electrons. The lowest BCUT2D eigenvalue weighted by Crippen LogP contribution is -1.94. The lowest BCUT2D eigenvalue weighted by atomic mass is 9.98. The van der Waals surface area contributed by atoms with Crippen LogP contribution in [0.5, 0.6) is 5.75 Å². The van der Waals surface area contributed by atoms with Crippen molar-refractivity contribution in [3.63, 3.8) is 0 Å². The van der Waals surface area contributed by atoms with Crippen molar-refractivity contribution in [2.75, 3.05) is 0 Å². The summed E-state index contributed by atoms with van der Waals surface area (Å²) in [5, 5.41) is 13.9. The molecule has 0 N–H and O–H groups in total. The van der Waals surface area contributed by atoms with Crippen LogP contribution in [0.3, 0.4) is 0 Å². The van der Waals surface area contributed by atoms with Crippen LogP contribution in [-0.2, 0) is 11.5 Å². The number of rotatable bonds is 2. The van der Waals surface area contributed by atoms with Crippen molar-refractivity contribution >= 4 is 10.8 Å². The second-order valence-electron chi connectivity index (χ2n) is 4.37. The molecular weight excluding hydrogens is 184 g/mol. The zero-order valence-corrected chi connectivity index (χ0v) is 9.16. The summed E-state index contributed by atoms with van der Waals surface area (Å²) < 4.78 is 0. The molecule has 0 aliphatic carbocycles. The first kappa shape index (κ1) is 10.0. The molecule has 2 aromatic rings.